The minimum Gasteiger partial charge on any atom is -0.477 e. The summed E-state index contributed by atoms with van der Waals surface area (Å²) >= 11 is 0. The third-order valence-electron chi connectivity index (χ3n) is 3.99. The van der Waals surface area contributed by atoms with E-state index in [1.165, 1.54) is 19.3 Å². The Morgan fingerprint density at radius 2 is 1.94 bits per heavy atom. The molecule has 0 aromatic rings. The molecule has 2 rings (SSSR count). The fourth-order valence-electron chi connectivity index (χ4n) is 2.94. The van der Waals surface area contributed by atoms with Crippen molar-refractivity contribution in [3.63, 3.8) is 0 Å². The van der Waals surface area contributed by atoms with Gasteiger partial charge in [0.2, 0.25) is 0 Å². The molecule has 0 N–H and O–H groups in total. The minimum atomic E-state index is 0.222. The van der Waals surface area contributed by atoms with Crippen LogP contribution in [0, 0.1) is 5.92 Å². The van der Waals surface area contributed by atoms with Gasteiger partial charge in [0.05, 0.1) is 5.57 Å². The maximum absolute atomic E-state index is 12.6. The van der Waals surface area contributed by atoms with Gasteiger partial charge in [0.15, 0.2) is 6.73 Å². The second-order valence-corrected chi connectivity index (χ2v) is 5.97. The summed E-state index contributed by atoms with van der Waals surface area (Å²) in [5, 5.41) is 0. The molecule has 0 atom stereocenters. The van der Waals surface area contributed by atoms with Gasteiger partial charge in [-0.15, -0.1) is 0 Å². The van der Waals surface area contributed by atoms with Gasteiger partial charge in [-0.1, -0.05) is 33.1 Å². The van der Waals surface area contributed by atoms with Gasteiger partial charge in [0, 0.05) is 6.04 Å². The van der Waals surface area contributed by atoms with Crippen LogP contribution >= 0.6 is 0 Å². The first kappa shape index (κ1) is 13.4. The van der Waals surface area contributed by atoms with Crippen LogP contribution in [0.4, 0.5) is 0 Å². The van der Waals surface area contributed by atoms with E-state index in [1.54, 1.807) is 0 Å². The molecule has 1 aliphatic heterocycles. The fourth-order valence-corrected chi connectivity index (χ4v) is 2.94. The van der Waals surface area contributed by atoms with Gasteiger partial charge >= 0.3 is 0 Å². The largest absolute Gasteiger partial charge is 0.477 e. The summed E-state index contributed by atoms with van der Waals surface area (Å²) in [5.41, 5.74) is 0.891. The summed E-state index contributed by atoms with van der Waals surface area (Å²) in [7, 11) is 0. The predicted octanol–water partition coefficient (Wildman–Crippen LogP) is 3.46. The van der Waals surface area contributed by atoms with E-state index >= 15 is 0 Å². The first-order chi connectivity index (χ1) is 8.59. The van der Waals surface area contributed by atoms with Gasteiger partial charge in [-0.2, -0.15) is 0 Å². The Morgan fingerprint density at radius 3 is 2.56 bits per heavy atom. The van der Waals surface area contributed by atoms with Crippen LogP contribution in [-0.4, -0.2) is 23.6 Å². The Morgan fingerprint density at radius 1 is 1.28 bits per heavy atom. The molecule has 3 heteroatoms. The summed E-state index contributed by atoms with van der Waals surface area (Å²) in [5.74, 6) is 1.55. The van der Waals surface area contributed by atoms with Crippen LogP contribution in [0.2, 0.25) is 0 Å². The molecule has 0 spiro atoms. The molecule has 3 nitrogen and oxygen atoms in total. The van der Waals surface area contributed by atoms with Crippen molar-refractivity contribution in [3.8, 4) is 0 Å². The van der Waals surface area contributed by atoms with Gasteiger partial charge < -0.3 is 9.64 Å². The van der Waals surface area contributed by atoms with E-state index in [9.17, 15) is 4.79 Å². The summed E-state index contributed by atoms with van der Waals surface area (Å²) < 4.78 is 5.71. The summed E-state index contributed by atoms with van der Waals surface area (Å²) in [6.07, 6.45) is 6.92. The number of amides is 1. The van der Waals surface area contributed by atoms with E-state index < -0.39 is 0 Å². The van der Waals surface area contributed by atoms with Crippen LogP contribution < -0.4 is 0 Å². The molecule has 0 radical (unpaired) electrons. The molecule has 102 valence electrons. The number of carbonyl (C=O) groups excluding carboxylic acids is 1. The topological polar surface area (TPSA) is 29.5 Å². The molecule has 18 heavy (non-hydrogen) atoms. The van der Waals surface area contributed by atoms with Gasteiger partial charge in [0.25, 0.3) is 5.91 Å². The van der Waals surface area contributed by atoms with E-state index in [1.807, 2.05) is 11.8 Å². The van der Waals surface area contributed by atoms with Crippen molar-refractivity contribution < 1.29 is 9.53 Å². The zero-order chi connectivity index (χ0) is 13.1. The molecule has 2 aliphatic rings. The normalized spacial score (nSPS) is 22.7. The molecule has 0 unspecified atom stereocenters. The quantitative estimate of drug-likeness (QED) is 0.769. The lowest BCUT2D eigenvalue weighted by atomic mass is 9.92. The standard InChI is InChI=1S/C15H25NO2/c1-11(2)9-14-12(3)18-10-16(15(14)17)13-7-5-4-6-8-13/h11,13H,4-10H2,1-3H3. The number of rotatable bonds is 3. The van der Waals surface area contributed by atoms with Crippen LogP contribution in [0.3, 0.4) is 0 Å². The number of carbonyl (C=O) groups is 1. The third-order valence-corrected chi connectivity index (χ3v) is 3.99. The monoisotopic (exact) mass is 251 g/mol. The highest BCUT2D eigenvalue weighted by Crippen LogP contribution is 2.29. The Labute approximate surface area is 110 Å². The van der Waals surface area contributed by atoms with Crippen molar-refractivity contribution in [3.05, 3.63) is 11.3 Å². The van der Waals surface area contributed by atoms with Crippen molar-refractivity contribution >= 4 is 5.91 Å². The Hall–Kier alpha value is -0.990. The molecule has 0 aromatic carbocycles. The van der Waals surface area contributed by atoms with Crippen LogP contribution in [0.5, 0.6) is 0 Å². The molecule has 0 aromatic heterocycles. The highest BCUT2D eigenvalue weighted by Gasteiger charge is 2.32. The molecule has 1 saturated carbocycles. The van der Waals surface area contributed by atoms with E-state index in [0.29, 0.717) is 18.7 Å². The first-order valence-electron chi connectivity index (χ1n) is 7.23. The lowest BCUT2D eigenvalue weighted by Gasteiger charge is -2.38. The number of ether oxygens (including phenoxy) is 1. The van der Waals surface area contributed by atoms with Crippen LogP contribution in [0.1, 0.15) is 59.3 Å². The SMILES string of the molecule is CC1=C(CC(C)C)C(=O)N(C2CCCCC2)CO1. The lowest BCUT2D eigenvalue weighted by Crippen LogP contribution is -2.46. The Kier molecular flexibility index (Phi) is 4.31. The van der Waals surface area contributed by atoms with Crippen molar-refractivity contribution in [2.24, 2.45) is 5.92 Å². The molecule has 1 amide bonds. The van der Waals surface area contributed by atoms with Crippen LogP contribution in [-0.2, 0) is 9.53 Å². The number of allylic oxidation sites excluding steroid dienone is 1. The second-order valence-electron chi connectivity index (χ2n) is 5.97. The fraction of sp³-hybridized carbons (Fsp3) is 0.800. The molecular weight excluding hydrogens is 226 g/mol. The molecular formula is C15H25NO2. The predicted molar refractivity (Wildman–Crippen MR) is 71.8 cm³/mol. The van der Waals surface area contributed by atoms with Gasteiger partial charge in [-0.25, -0.2) is 0 Å². The third kappa shape index (κ3) is 2.88. The molecule has 0 saturated heterocycles. The zero-order valence-corrected chi connectivity index (χ0v) is 11.9. The highest BCUT2D eigenvalue weighted by molar-refractivity contribution is 5.94. The van der Waals surface area contributed by atoms with E-state index in [-0.39, 0.29) is 5.91 Å². The number of hydrogen-bond donors (Lipinski definition) is 0. The number of nitrogens with zero attached hydrogens (tertiary/aromatic N) is 1. The summed E-state index contributed by atoms with van der Waals surface area (Å²) in [4.78, 5) is 14.5. The maximum atomic E-state index is 12.6. The van der Waals surface area contributed by atoms with Crippen molar-refractivity contribution in [2.45, 2.75) is 65.3 Å². The van der Waals surface area contributed by atoms with Crippen LogP contribution in [0.15, 0.2) is 11.3 Å². The first-order valence-corrected chi connectivity index (χ1v) is 7.23. The van der Waals surface area contributed by atoms with Crippen molar-refractivity contribution in [1.82, 2.24) is 4.90 Å². The van der Waals surface area contributed by atoms with Crippen molar-refractivity contribution in [1.29, 1.82) is 0 Å². The Balaban J connectivity index is 2.09. The molecule has 1 aliphatic carbocycles. The highest BCUT2D eigenvalue weighted by atomic mass is 16.5. The van der Waals surface area contributed by atoms with E-state index in [0.717, 1.165) is 30.6 Å². The summed E-state index contributed by atoms with van der Waals surface area (Å²) in [6, 6.07) is 0.404. The zero-order valence-electron chi connectivity index (χ0n) is 11.9. The van der Waals surface area contributed by atoms with Gasteiger partial charge in [-0.3, -0.25) is 4.79 Å². The van der Waals surface area contributed by atoms with Gasteiger partial charge in [0.1, 0.15) is 5.76 Å². The van der Waals surface area contributed by atoms with E-state index in [4.69, 9.17) is 4.74 Å². The van der Waals surface area contributed by atoms with Crippen LogP contribution in [0.25, 0.3) is 0 Å². The molecule has 1 fully saturated rings. The smallest absolute Gasteiger partial charge is 0.256 e. The van der Waals surface area contributed by atoms with Gasteiger partial charge in [-0.05, 0) is 32.1 Å². The average Bonchev–Trinajstić information content (AvgIpc) is 2.35. The number of hydrogen-bond acceptors (Lipinski definition) is 2. The average molecular weight is 251 g/mol. The van der Waals surface area contributed by atoms with Crippen molar-refractivity contribution in [2.75, 3.05) is 6.73 Å². The maximum Gasteiger partial charge on any atom is 0.256 e. The Bertz CT molecular complexity index is 340. The summed E-state index contributed by atoms with van der Waals surface area (Å²) in [6.45, 7) is 6.67. The minimum absolute atomic E-state index is 0.222. The molecule has 1 heterocycles. The molecule has 0 bridgehead atoms. The lowest BCUT2D eigenvalue weighted by molar-refractivity contribution is -0.139. The van der Waals surface area contributed by atoms with E-state index in [2.05, 4.69) is 13.8 Å². The second kappa shape index (κ2) is 5.77.